The zero-order valence-electron chi connectivity index (χ0n) is 15.6. The van der Waals surface area contributed by atoms with E-state index >= 15 is 0 Å². The second-order valence-corrected chi connectivity index (χ2v) is 8.12. The molecule has 2 heterocycles. The number of nitrogens with one attached hydrogen (secondary N) is 1. The molecule has 0 aromatic carbocycles. The Hall–Kier alpha value is -1.79. The Morgan fingerprint density at radius 3 is 2.48 bits per heavy atom. The van der Waals surface area contributed by atoms with Crippen molar-refractivity contribution in [1.29, 1.82) is 0 Å². The molecular formula is C20H26ClN3O3. The van der Waals surface area contributed by atoms with E-state index in [0.717, 1.165) is 12.2 Å². The molecule has 3 aliphatic rings. The van der Waals surface area contributed by atoms with Crippen molar-refractivity contribution < 1.29 is 14.6 Å². The van der Waals surface area contributed by atoms with Gasteiger partial charge in [0.15, 0.2) is 0 Å². The molecule has 27 heavy (non-hydrogen) atoms. The lowest BCUT2D eigenvalue weighted by Gasteiger charge is -2.52. The van der Waals surface area contributed by atoms with Gasteiger partial charge in [-0.3, -0.25) is 5.01 Å². The minimum Gasteiger partial charge on any atom is -0.494 e. The maximum Gasteiger partial charge on any atom is 0.338 e. The van der Waals surface area contributed by atoms with E-state index in [-0.39, 0.29) is 16.3 Å². The van der Waals surface area contributed by atoms with E-state index in [1.54, 1.807) is 6.07 Å². The molecule has 1 aromatic heterocycles. The first-order valence-electron chi connectivity index (χ1n) is 9.88. The quantitative estimate of drug-likeness (QED) is 0.672. The second-order valence-electron chi connectivity index (χ2n) is 7.76. The molecule has 2 saturated carbocycles. The van der Waals surface area contributed by atoms with Gasteiger partial charge in [0, 0.05) is 0 Å². The fourth-order valence-corrected chi connectivity index (χ4v) is 4.60. The topological polar surface area (TPSA) is 74.7 Å². The summed E-state index contributed by atoms with van der Waals surface area (Å²) in [4.78, 5) is 15.5. The third-order valence-corrected chi connectivity index (χ3v) is 6.52. The van der Waals surface area contributed by atoms with Crippen molar-refractivity contribution >= 4 is 23.4 Å². The van der Waals surface area contributed by atoms with E-state index in [0.29, 0.717) is 24.3 Å². The van der Waals surface area contributed by atoms with Crippen LogP contribution in [0.3, 0.4) is 0 Å². The number of aromatic nitrogens is 1. The minimum atomic E-state index is -1.07. The number of aromatic carboxylic acids is 1. The molecule has 6 nitrogen and oxygen atoms in total. The van der Waals surface area contributed by atoms with Crippen molar-refractivity contribution in [3.05, 3.63) is 34.8 Å². The molecule has 2 aliphatic carbocycles. The highest BCUT2D eigenvalue weighted by Gasteiger charge is 2.56. The smallest absolute Gasteiger partial charge is 0.338 e. The first-order valence-corrected chi connectivity index (χ1v) is 10.3. The summed E-state index contributed by atoms with van der Waals surface area (Å²) in [6, 6.07) is 3.19. The maximum atomic E-state index is 11.2. The Bertz CT molecular complexity index is 745. The van der Waals surface area contributed by atoms with Crippen molar-refractivity contribution in [2.24, 2.45) is 11.8 Å². The summed E-state index contributed by atoms with van der Waals surface area (Å²) in [6.07, 6.45) is 10.3. The highest BCUT2D eigenvalue weighted by Crippen LogP contribution is 2.53. The van der Waals surface area contributed by atoms with Crippen LogP contribution in [0, 0.1) is 11.8 Å². The van der Waals surface area contributed by atoms with Gasteiger partial charge in [-0.2, -0.15) is 0 Å². The molecule has 0 bridgehead atoms. The van der Waals surface area contributed by atoms with Crippen LogP contribution in [0.15, 0.2) is 24.1 Å². The summed E-state index contributed by atoms with van der Waals surface area (Å²) < 4.78 is 6.23. The largest absolute Gasteiger partial charge is 0.494 e. The number of halogens is 1. The monoisotopic (exact) mass is 391 g/mol. The summed E-state index contributed by atoms with van der Waals surface area (Å²) in [5, 5.41) is 11.1. The molecule has 0 saturated heterocycles. The summed E-state index contributed by atoms with van der Waals surface area (Å²) >= 11 is 6.10. The maximum absolute atomic E-state index is 11.2. The predicted octanol–water partition coefficient (Wildman–Crippen LogP) is 4.36. The first kappa shape index (κ1) is 18.6. The normalized spacial score (nSPS) is 22.1. The predicted molar refractivity (Wildman–Crippen MR) is 104 cm³/mol. The number of carboxylic acids is 1. The average molecular weight is 392 g/mol. The van der Waals surface area contributed by atoms with Gasteiger partial charge in [-0.1, -0.05) is 31.4 Å². The van der Waals surface area contributed by atoms with Crippen LogP contribution >= 0.6 is 11.6 Å². The zero-order valence-corrected chi connectivity index (χ0v) is 16.3. The minimum absolute atomic E-state index is 0.00369. The Balaban J connectivity index is 1.67. The van der Waals surface area contributed by atoms with Crippen LogP contribution < -0.4 is 10.4 Å². The molecule has 7 heteroatoms. The molecule has 1 aliphatic heterocycles. The van der Waals surface area contributed by atoms with E-state index in [2.05, 4.69) is 17.3 Å². The third kappa shape index (κ3) is 3.09. The molecule has 0 spiro atoms. The summed E-state index contributed by atoms with van der Waals surface area (Å²) in [6.45, 7) is 2.80. The number of carbonyl (C=O) groups is 1. The lowest BCUT2D eigenvalue weighted by molar-refractivity contribution is 0.0144. The van der Waals surface area contributed by atoms with Crippen LogP contribution in [0.2, 0.25) is 5.15 Å². The zero-order chi connectivity index (χ0) is 19.0. The van der Waals surface area contributed by atoms with Gasteiger partial charge in [0.1, 0.15) is 22.3 Å². The SMILES string of the molecule is CCCOC1=CN(c2ccc(C(=O)O)c(Cl)n2)NC1(C1CCC1)C1CCC1. The van der Waals surface area contributed by atoms with E-state index in [9.17, 15) is 9.90 Å². The van der Waals surface area contributed by atoms with Gasteiger partial charge < -0.3 is 9.84 Å². The fraction of sp³-hybridized carbons (Fsp3) is 0.600. The van der Waals surface area contributed by atoms with Gasteiger partial charge in [0.25, 0.3) is 0 Å². The number of carboxylic acid groups (broad SMARTS) is 1. The molecule has 0 amide bonds. The lowest BCUT2D eigenvalue weighted by atomic mass is 9.59. The first-order chi connectivity index (χ1) is 13.1. The molecule has 146 valence electrons. The van der Waals surface area contributed by atoms with Gasteiger partial charge >= 0.3 is 5.97 Å². The molecule has 0 unspecified atom stereocenters. The van der Waals surface area contributed by atoms with E-state index in [4.69, 9.17) is 16.3 Å². The van der Waals surface area contributed by atoms with Gasteiger partial charge in [-0.25, -0.2) is 15.2 Å². The van der Waals surface area contributed by atoms with Crippen LogP contribution in [0.1, 0.15) is 62.2 Å². The Labute approximate surface area is 164 Å². The molecule has 2 N–H and O–H groups in total. The Morgan fingerprint density at radius 2 is 2.00 bits per heavy atom. The molecule has 0 atom stereocenters. The van der Waals surface area contributed by atoms with E-state index in [1.807, 2.05) is 11.2 Å². The summed E-state index contributed by atoms with van der Waals surface area (Å²) in [7, 11) is 0. The number of anilines is 1. The summed E-state index contributed by atoms with van der Waals surface area (Å²) in [5.74, 6) is 1.63. The van der Waals surface area contributed by atoms with Crippen LogP contribution in [0.25, 0.3) is 0 Å². The van der Waals surface area contributed by atoms with Crippen LogP contribution in [-0.2, 0) is 4.74 Å². The highest BCUT2D eigenvalue weighted by molar-refractivity contribution is 6.32. The van der Waals surface area contributed by atoms with Crippen molar-refractivity contribution in [2.45, 2.75) is 57.4 Å². The number of nitrogens with zero attached hydrogens (tertiary/aromatic N) is 2. The standard InChI is InChI=1S/C20H26ClN3O3/c1-2-11-27-16-12-24(17-10-9-15(19(25)26)18(21)22-17)23-20(16,13-5-3-6-13)14-7-4-8-14/h9-10,12-14,23H,2-8,11H2,1H3,(H,25,26). The number of rotatable bonds is 7. The van der Waals surface area contributed by atoms with E-state index in [1.165, 1.54) is 44.6 Å². The number of hydrogen-bond acceptors (Lipinski definition) is 5. The van der Waals surface area contributed by atoms with Gasteiger partial charge in [0.05, 0.1) is 18.4 Å². The molecule has 2 fully saturated rings. The molecule has 4 rings (SSSR count). The van der Waals surface area contributed by atoms with Gasteiger partial charge in [-0.15, -0.1) is 0 Å². The number of hydrazine groups is 1. The lowest BCUT2D eigenvalue weighted by Crippen LogP contribution is -2.62. The molecular weight excluding hydrogens is 366 g/mol. The van der Waals surface area contributed by atoms with Gasteiger partial charge in [0.2, 0.25) is 0 Å². The van der Waals surface area contributed by atoms with Crippen molar-refractivity contribution in [1.82, 2.24) is 10.4 Å². The van der Waals surface area contributed by atoms with Crippen molar-refractivity contribution in [3.8, 4) is 0 Å². The van der Waals surface area contributed by atoms with Gasteiger partial charge in [-0.05, 0) is 56.1 Å². The second kappa shape index (κ2) is 7.32. The third-order valence-electron chi connectivity index (χ3n) is 6.23. The van der Waals surface area contributed by atoms with Crippen LogP contribution in [-0.4, -0.2) is 28.2 Å². The molecule has 1 aromatic rings. The average Bonchev–Trinajstić information content (AvgIpc) is 2.88. The van der Waals surface area contributed by atoms with Crippen LogP contribution in [0.5, 0.6) is 0 Å². The highest BCUT2D eigenvalue weighted by atomic mass is 35.5. The van der Waals surface area contributed by atoms with Crippen molar-refractivity contribution in [3.63, 3.8) is 0 Å². The summed E-state index contributed by atoms with van der Waals surface area (Å²) in [5.41, 5.74) is 3.54. The Kier molecular flexibility index (Phi) is 5.03. The molecule has 0 radical (unpaired) electrons. The Morgan fingerprint density at radius 1 is 1.33 bits per heavy atom. The van der Waals surface area contributed by atoms with Crippen LogP contribution in [0.4, 0.5) is 5.82 Å². The fourth-order valence-electron chi connectivity index (χ4n) is 4.37. The van der Waals surface area contributed by atoms with E-state index < -0.39 is 5.97 Å². The number of ether oxygens (including phenoxy) is 1. The number of hydrogen-bond donors (Lipinski definition) is 2. The van der Waals surface area contributed by atoms with Crippen molar-refractivity contribution in [2.75, 3.05) is 11.6 Å². The number of pyridine rings is 1.